The van der Waals surface area contributed by atoms with E-state index in [4.69, 9.17) is 0 Å². The van der Waals surface area contributed by atoms with Gasteiger partial charge in [0.15, 0.2) is 5.16 Å². The molecule has 4 heteroatoms. The van der Waals surface area contributed by atoms with Crippen LogP contribution in [0, 0.1) is 13.8 Å². The minimum atomic E-state index is 0.726. The third kappa shape index (κ3) is 3.58. The Morgan fingerprint density at radius 3 is 2.85 bits per heavy atom. The molecule has 0 aliphatic heterocycles. The van der Waals surface area contributed by atoms with Gasteiger partial charge in [-0.25, -0.2) is 9.97 Å². The maximum absolute atomic E-state index is 4.47. The molecule has 1 aliphatic rings. The molecule has 1 aliphatic carbocycles. The van der Waals surface area contributed by atoms with Crippen molar-refractivity contribution in [3.05, 3.63) is 47.3 Å². The normalized spacial score (nSPS) is 14.5. The number of nitrogens with one attached hydrogen (secondary N) is 1. The van der Waals surface area contributed by atoms with Gasteiger partial charge in [0.1, 0.15) is 0 Å². The maximum atomic E-state index is 4.47. The van der Waals surface area contributed by atoms with Crippen LogP contribution in [0.15, 0.2) is 40.5 Å². The summed E-state index contributed by atoms with van der Waals surface area (Å²) in [4.78, 5) is 10.1. The third-order valence-corrected chi connectivity index (χ3v) is 4.35. The molecule has 2 aromatic rings. The first-order valence-electron chi connectivity index (χ1n) is 7.01. The molecule has 0 saturated heterocycles. The number of hydrogen-bond acceptors (Lipinski definition) is 4. The van der Waals surface area contributed by atoms with Crippen molar-refractivity contribution in [2.75, 3.05) is 0 Å². The van der Waals surface area contributed by atoms with Gasteiger partial charge in [-0.05, 0) is 56.1 Å². The molecule has 3 nitrogen and oxygen atoms in total. The van der Waals surface area contributed by atoms with E-state index in [-0.39, 0.29) is 0 Å². The second-order valence-corrected chi connectivity index (χ2v) is 6.36. The molecule has 0 unspecified atom stereocenters. The smallest absolute Gasteiger partial charge is 0.192 e. The summed E-state index contributed by atoms with van der Waals surface area (Å²) in [5.41, 5.74) is 3.64. The van der Waals surface area contributed by atoms with Crippen molar-refractivity contribution in [3.8, 4) is 0 Å². The summed E-state index contributed by atoms with van der Waals surface area (Å²) in [5, 5.41) is 4.40. The van der Waals surface area contributed by atoms with Gasteiger partial charge < -0.3 is 5.32 Å². The fourth-order valence-corrected chi connectivity index (χ4v) is 2.96. The van der Waals surface area contributed by atoms with Crippen molar-refractivity contribution in [1.29, 1.82) is 0 Å². The molecule has 0 atom stereocenters. The first kappa shape index (κ1) is 13.6. The zero-order chi connectivity index (χ0) is 13.9. The lowest BCUT2D eigenvalue weighted by molar-refractivity contribution is 0.680. The van der Waals surface area contributed by atoms with Crippen LogP contribution in [0.25, 0.3) is 0 Å². The van der Waals surface area contributed by atoms with Gasteiger partial charge in [0.2, 0.25) is 0 Å². The molecule has 104 valence electrons. The topological polar surface area (TPSA) is 37.8 Å². The van der Waals surface area contributed by atoms with Gasteiger partial charge in [-0.2, -0.15) is 0 Å². The summed E-state index contributed by atoms with van der Waals surface area (Å²) in [6.45, 7) is 5.06. The Hall–Kier alpha value is -1.39. The summed E-state index contributed by atoms with van der Waals surface area (Å²) in [6, 6.07) is 9.24. The molecule has 1 heterocycles. The molecule has 3 rings (SSSR count). The van der Waals surface area contributed by atoms with Crippen molar-refractivity contribution in [2.45, 2.75) is 49.3 Å². The van der Waals surface area contributed by atoms with E-state index in [0.29, 0.717) is 0 Å². The van der Waals surface area contributed by atoms with Gasteiger partial charge in [-0.15, -0.1) is 0 Å². The van der Waals surface area contributed by atoms with Crippen molar-refractivity contribution in [3.63, 3.8) is 0 Å². The molecule has 1 aromatic carbocycles. The van der Waals surface area contributed by atoms with Crippen LogP contribution in [0.3, 0.4) is 0 Å². The third-order valence-electron chi connectivity index (χ3n) is 3.35. The Labute approximate surface area is 124 Å². The highest BCUT2D eigenvalue weighted by atomic mass is 32.2. The fraction of sp³-hybridized carbons (Fsp3) is 0.375. The number of nitrogens with zero attached hydrogens (tertiary/aromatic N) is 2. The van der Waals surface area contributed by atoms with Gasteiger partial charge in [-0.1, -0.05) is 17.7 Å². The standard InChI is InChI=1S/C16H19N3S/c1-11-3-6-15(13(9-11)10-18-14-4-5-14)20-16-17-8-7-12(2)19-16/h3,6-9,14,18H,4-5,10H2,1-2H3. The lowest BCUT2D eigenvalue weighted by Gasteiger charge is -2.10. The highest BCUT2D eigenvalue weighted by Crippen LogP contribution is 2.29. The Morgan fingerprint density at radius 2 is 2.10 bits per heavy atom. The minimum absolute atomic E-state index is 0.726. The average molecular weight is 285 g/mol. The van der Waals surface area contributed by atoms with Crippen molar-refractivity contribution < 1.29 is 0 Å². The second-order valence-electron chi connectivity index (χ2n) is 5.35. The molecule has 0 radical (unpaired) electrons. The van der Waals surface area contributed by atoms with Crippen molar-refractivity contribution in [1.82, 2.24) is 15.3 Å². The minimum Gasteiger partial charge on any atom is -0.310 e. The molecule has 1 N–H and O–H groups in total. The Kier molecular flexibility index (Phi) is 4.03. The van der Waals surface area contributed by atoms with E-state index >= 15 is 0 Å². The zero-order valence-electron chi connectivity index (χ0n) is 11.9. The van der Waals surface area contributed by atoms with Crippen LogP contribution in [-0.2, 0) is 6.54 Å². The van der Waals surface area contributed by atoms with E-state index in [1.807, 2.05) is 19.2 Å². The first-order valence-corrected chi connectivity index (χ1v) is 7.83. The Balaban J connectivity index is 1.79. The highest BCUT2D eigenvalue weighted by molar-refractivity contribution is 7.99. The van der Waals surface area contributed by atoms with E-state index < -0.39 is 0 Å². The highest BCUT2D eigenvalue weighted by Gasteiger charge is 2.20. The molecule has 0 spiro atoms. The predicted octanol–water partition coefficient (Wildman–Crippen LogP) is 3.50. The Bertz CT molecular complexity index is 608. The lowest BCUT2D eigenvalue weighted by atomic mass is 10.1. The SMILES string of the molecule is Cc1ccc(Sc2nccc(C)n2)c(CNC2CC2)c1. The molecule has 20 heavy (non-hydrogen) atoms. The summed E-state index contributed by atoms with van der Waals surface area (Å²) in [5.74, 6) is 0. The quantitative estimate of drug-likeness (QED) is 0.853. The van der Waals surface area contributed by atoms with E-state index in [1.54, 1.807) is 11.8 Å². The van der Waals surface area contributed by atoms with Gasteiger partial charge in [0, 0.05) is 29.4 Å². The van der Waals surface area contributed by atoms with E-state index in [9.17, 15) is 0 Å². The van der Waals surface area contributed by atoms with E-state index in [2.05, 4.69) is 40.4 Å². The van der Waals surface area contributed by atoms with Crippen LogP contribution in [0.4, 0.5) is 0 Å². The summed E-state index contributed by atoms with van der Waals surface area (Å²) in [6.07, 6.45) is 4.45. The molecule has 0 bridgehead atoms. The molecule has 1 fully saturated rings. The average Bonchev–Trinajstić information content (AvgIpc) is 3.23. The van der Waals surface area contributed by atoms with Gasteiger partial charge in [0.05, 0.1) is 0 Å². The zero-order valence-corrected chi connectivity index (χ0v) is 12.7. The maximum Gasteiger partial charge on any atom is 0.192 e. The van der Waals surface area contributed by atoms with Crippen molar-refractivity contribution in [2.24, 2.45) is 0 Å². The first-order chi connectivity index (χ1) is 9.70. The Morgan fingerprint density at radius 1 is 1.25 bits per heavy atom. The van der Waals surface area contributed by atoms with Gasteiger partial charge in [-0.3, -0.25) is 0 Å². The predicted molar refractivity (Wildman–Crippen MR) is 81.9 cm³/mol. The second kappa shape index (κ2) is 5.94. The molecule has 1 saturated carbocycles. The molecular weight excluding hydrogens is 266 g/mol. The monoisotopic (exact) mass is 285 g/mol. The summed E-state index contributed by atoms with van der Waals surface area (Å²) < 4.78 is 0. The summed E-state index contributed by atoms with van der Waals surface area (Å²) in [7, 11) is 0. The lowest BCUT2D eigenvalue weighted by Crippen LogP contribution is -2.15. The van der Waals surface area contributed by atoms with Crippen LogP contribution in [-0.4, -0.2) is 16.0 Å². The van der Waals surface area contributed by atoms with E-state index in [0.717, 1.165) is 23.4 Å². The van der Waals surface area contributed by atoms with Gasteiger partial charge in [0.25, 0.3) is 0 Å². The van der Waals surface area contributed by atoms with Crippen LogP contribution >= 0.6 is 11.8 Å². The van der Waals surface area contributed by atoms with Crippen LogP contribution in [0.2, 0.25) is 0 Å². The number of aryl methyl sites for hydroxylation is 2. The molecular formula is C16H19N3S. The largest absolute Gasteiger partial charge is 0.310 e. The number of benzene rings is 1. The number of hydrogen-bond donors (Lipinski definition) is 1. The van der Waals surface area contributed by atoms with Crippen LogP contribution in [0.5, 0.6) is 0 Å². The molecule has 1 aromatic heterocycles. The summed E-state index contributed by atoms with van der Waals surface area (Å²) >= 11 is 1.65. The number of rotatable bonds is 5. The fourth-order valence-electron chi connectivity index (χ4n) is 2.06. The van der Waals surface area contributed by atoms with Gasteiger partial charge >= 0.3 is 0 Å². The van der Waals surface area contributed by atoms with E-state index in [1.165, 1.54) is 28.9 Å². The molecule has 0 amide bonds. The van der Waals surface area contributed by atoms with Crippen LogP contribution < -0.4 is 5.32 Å². The van der Waals surface area contributed by atoms with Crippen molar-refractivity contribution >= 4 is 11.8 Å². The number of aromatic nitrogens is 2. The van der Waals surface area contributed by atoms with Crippen LogP contribution in [0.1, 0.15) is 29.7 Å².